The molecule has 0 aliphatic carbocycles. The third-order valence-corrected chi connectivity index (χ3v) is 3.69. The van der Waals surface area contributed by atoms with Gasteiger partial charge >= 0.3 is 17.8 Å². The molecule has 9 nitrogen and oxygen atoms in total. The van der Waals surface area contributed by atoms with Gasteiger partial charge in [0.1, 0.15) is 12.2 Å². The zero-order valence-corrected chi connectivity index (χ0v) is 16.1. The van der Waals surface area contributed by atoms with Crippen LogP contribution >= 0.6 is 0 Å². The number of hydrogen-bond donors (Lipinski definition) is 3. The molecule has 1 atom stereocenters. The minimum absolute atomic E-state index is 0.120. The lowest BCUT2D eigenvalue weighted by atomic mass is 9.92. The molecule has 0 saturated heterocycles. The second kappa shape index (κ2) is 8.12. The number of alkyl carbamates (subject to hydrolysis) is 1. The summed E-state index contributed by atoms with van der Waals surface area (Å²) in [6, 6.07) is 9.62. The smallest absolute Gasteiger partial charge is 0.408 e. The highest BCUT2D eigenvalue weighted by Gasteiger charge is 2.40. The molecule has 1 aromatic heterocycles. The Morgan fingerprint density at radius 3 is 2.25 bits per heavy atom. The number of aromatic nitrogens is 2. The summed E-state index contributed by atoms with van der Waals surface area (Å²) < 4.78 is 10.5. The third-order valence-electron chi connectivity index (χ3n) is 3.69. The Hall–Kier alpha value is -3.36. The molecule has 150 valence electrons. The highest BCUT2D eigenvalue weighted by molar-refractivity contribution is 5.86. The van der Waals surface area contributed by atoms with Gasteiger partial charge in [-0.3, -0.25) is 9.78 Å². The van der Waals surface area contributed by atoms with E-state index in [-0.39, 0.29) is 12.3 Å². The number of aromatic amines is 2. The summed E-state index contributed by atoms with van der Waals surface area (Å²) in [5.74, 6) is -0.786. The molecule has 2 rings (SSSR count). The van der Waals surface area contributed by atoms with Gasteiger partial charge in [0.25, 0.3) is 5.56 Å². The normalized spacial score (nSPS) is 13.3. The first-order valence-electron chi connectivity index (χ1n) is 8.56. The van der Waals surface area contributed by atoms with E-state index in [2.05, 4.69) is 10.3 Å². The van der Waals surface area contributed by atoms with Crippen molar-refractivity contribution in [1.29, 1.82) is 0 Å². The molecule has 1 unspecified atom stereocenters. The Balaban J connectivity index is 2.25. The molecule has 0 fully saturated rings. The van der Waals surface area contributed by atoms with E-state index in [9.17, 15) is 19.2 Å². The van der Waals surface area contributed by atoms with Crippen LogP contribution in [-0.2, 0) is 26.4 Å². The van der Waals surface area contributed by atoms with E-state index in [1.54, 1.807) is 51.1 Å². The highest BCUT2D eigenvalue weighted by Crippen LogP contribution is 2.24. The van der Waals surface area contributed by atoms with Crippen molar-refractivity contribution in [3.63, 3.8) is 0 Å². The predicted octanol–water partition coefficient (Wildman–Crippen LogP) is 1.55. The van der Waals surface area contributed by atoms with Crippen LogP contribution in [0.3, 0.4) is 0 Å². The van der Waals surface area contributed by atoms with Crippen LogP contribution in [0.5, 0.6) is 0 Å². The zero-order valence-electron chi connectivity index (χ0n) is 16.1. The number of carbonyl (C=O) groups is 2. The van der Waals surface area contributed by atoms with Crippen molar-refractivity contribution in [3.8, 4) is 0 Å². The van der Waals surface area contributed by atoms with Gasteiger partial charge in [0.15, 0.2) is 5.54 Å². The number of carbonyl (C=O) groups excluding carboxylic acids is 2. The van der Waals surface area contributed by atoms with Gasteiger partial charge in [-0.25, -0.2) is 14.4 Å². The fourth-order valence-corrected chi connectivity index (χ4v) is 2.41. The summed E-state index contributed by atoms with van der Waals surface area (Å²) in [7, 11) is 0. The lowest BCUT2D eigenvalue weighted by Crippen LogP contribution is -2.51. The Labute approximate surface area is 161 Å². The minimum atomic E-state index is -1.55. The monoisotopic (exact) mass is 389 g/mol. The van der Waals surface area contributed by atoms with Crippen molar-refractivity contribution < 1.29 is 19.1 Å². The highest BCUT2D eigenvalue weighted by atomic mass is 16.6. The van der Waals surface area contributed by atoms with Crippen molar-refractivity contribution in [3.05, 3.63) is 68.5 Å². The Morgan fingerprint density at radius 1 is 1.04 bits per heavy atom. The number of hydrogen-bond acceptors (Lipinski definition) is 6. The number of nitrogens with one attached hydrogen (secondary N) is 3. The molecular formula is C19H23N3O6. The predicted molar refractivity (Wildman–Crippen MR) is 101 cm³/mol. The van der Waals surface area contributed by atoms with Crippen molar-refractivity contribution >= 4 is 12.1 Å². The van der Waals surface area contributed by atoms with Crippen LogP contribution in [0.1, 0.15) is 39.0 Å². The zero-order chi connectivity index (χ0) is 20.9. The Bertz CT molecular complexity index is 930. The first-order valence-corrected chi connectivity index (χ1v) is 8.56. The van der Waals surface area contributed by atoms with E-state index in [1.165, 1.54) is 6.92 Å². The average molecular weight is 389 g/mol. The van der Waals surface area contributed by atoms with E-state index >= 15 is 0 Å². The topological polar surface area (TPSA) is 130 Å². The molecule has 9 heteroatoms. The Kier molecular flexibility index (Phi) is 6.07. The van der Waals surface area contributed by atoms with Gasteiger partial charge in [-0.1, -0.05) is 30.3 Å². The fraction of sp³-hybridized carbons (Fsp3) is 0.368. The van der Waals surface area contributed by atoms with Crippen LogP contribution in [-0.4, -0.2) is 27.6 Å². The molecule has 0 radical (unpaired) electrons. The fourth-order valence-electron chi connectivity index (χ4n) is 2.41. The molecule has 0 spiro atoms. The van der Waals surface area contributed by atoms with Crippen LogP contribution < -0.4 is 16.6 Å². The maximum absolute atomic E-state index is 12.8. The first kappa shape index (κ1) is 20.9. The van der Waals surface area contributed by atoms with Crippen LogP contribution in [0.4, 0.5) is 4.79 Å². The summed E-state index contributed by atoms with van der Waals surface area (Å²) in [5, 5.41) is 2.55. The van der Waals surface area contributed by atoms with Gasteiger partial charge in [0, 0.05) is 6.07 Å². The molecular weight excluding hydrogens is 366 g/mol. The summed E-state index contributed by atoms with van der Waals surface area (Å²) in [5.41, 5.74) is -3.04. The molecule has 1 heterocycles. The van der Waals surface area contributed by atoms with E-state index in [0.29, 0.717) is 5.56 Å². The van der Waals surface area contributed by atoms with E-state index in [4.69, 9.17) is 9.47 Å². The van der Waals surface area contributed by atoms with Crippen LogP contribution in [0.2, 0.25) is 0 Å². The largest absolute Gasteiger partial charge is 0.457 e. The number of amides is 1. The lowest BCUT2D eigenvalue weighted by molar-refractivity contribution is -0.153. The number of ether oxygens (including phenoxy) is 2. The second-order valence-electron chi connectivity index (χ2n) is 7.31. The maximum atomic E-state index is 12.8. The van der Waals surface area contributed by atoms with Gasteiger partial charge in [-0.15, -0.1) is 0 Å². The maximum Gasteiger partial charge on any atom is 0.408 e. The van der Waals surface area contributed by atoms with Gasteiger partial charge in [-0.2, -0.15) is 0 Å². The molecule has 0 aliphatic rings. The first-order chi connectivity index (χ1) is 13.0. The molecule has 0 bridgehead atoms. The number of esters is 1. The van der Waals surface area contributed by atoms with Gasteiger partial charge in [-0.05, 0) is 33.3 Å². The van der Waals surface area contributed by atoms with Gasteiger partial charge < -0.3 is 19.8 Å². The van der Waals surface area contributed by atoms with Crippen LogP contribution in [0, 0.1) is 0 Å². The van der Waals surface area contributed by atoms with Gasteiger partial charge in [0.2, 0.25) is 0 Å². The molecule has 2 aromatic rings. The quantitative estimate of drug-likeness (QED) is 0.665. The summed E-state index contributed by atoms with van der Waals surface area (Å²) in [6.45, 7) is 6.24. The van der Waals surface area contributed by atoms with Crippen molar-refractivity contribution in [2.75, 3.05) is 0 Å². The van der Waals surface area contributed by atoms with E-state index < -0.39 is 34.5 Å². The van der Waals surface area contributed by atoms with Crippen LogP contribution in [0.15, 0.2) is 46.0 Å². The van der Waals surface area contributed by atoms with Crippen molar-refractivity contribution in [2.24, 2.45) is 0 Å². The second-order valence-corrected chi connectivity index (χ2v) is 7.31. The van der Waals surface area contributed by atoms with Gasteiger partial charge in [0.05, 0.1) is 5.69 Å². The van der Waals surface area contributed by atoms with E-state index in [1.807, 2.05) is 4.98 Å². The van der Waals surface area contributed by atoms with Crippen LogP contribution in [0.25, 0.3) is 0 Å². The standard InChI is InChI=1S/C19H23N3O6/c1-18(2,3)28-17(26)22-19(4,12-8-6-5-7-9-12)15(24)27-11-13-10-14(23)21-16(25)20-13/h5-10H,11H2,1-4H3,(H,22,26)(H2,20,21,23,25). The average Bonchev–Trinajstić information content (AvgIpc) is 2.57. The van der Waals surface area contributed by atoms with E-state index in [0.717, 1.165) is 6.07 Å². The molecule has 1 aromatic carbocycles. The molecule has 1 amide bonds. The number of benzene rings is 1. The Morgan fingerprint density at radius 2 is 1.68 bits per heavy atom. The summed E-state index contributed by atoms with van der Waals surface area (Å²) in [4.78, 5) is 52.2. The van der Waals surface area contributed by atoms with Crippen molar-refractivity contribution in [1.82, 2.24) is 15.3 Å². The minimum Gasteiger partial charge on any atom is -0.457 e. The summed E-state index contributed by atoms with van der Waals surface area (Å²) >= 11 is 0. The molecule has 3 N–H and O–H groups in total. The van der Waals surface area contributed by atoms with Crippen molar-refractivity contribution in [2.45, 2.75) is 45.4 Å². The number of H-pyrrole nitrogens is 2. The number of rotatable bonds is 5. The summed E-state index contributed by atoms with van der Waals surface area (Å²) in [6.07, 6.45) is -0.791. The molecule has 0 saturated carbocycles. The lowest BCUT2D eigenvalue weighted by Gasteiger charge is -2.30. The molecule has 0 aliphatic heterocycles. The SMILES string of the molecule is CC(C)(C)OC(=O)NC(C)(C(=O)OCc1cc(=O)[nH]c(=O)[nH]1)c1ccccc1. The molecule has 28 heavy (non-hydrogen) atoms. The third kappa shape index (κ3) is 5.57.